The van der Waals surface area contributed by atoms with Crippen LogP contribution >= 0.6 is 11.6 Å². The van der Waals surface area contributed by atoms with E-state index in [4.69, 9.17) is 17.3 Å². The van der Waals surface area contributed by atoms with E-state index in [1.807, 2.05) is 25.3 Å². The topological polar surface area (TPSA) is 102 Å². The van der Waals surface area contributed by atoms with Crippen LogP contribution in [-0.2, 0) is 9.84 Å². The van der Waals surface area contributed by atoms with Gasteiger partial charge >= 0.3 is 0 Å². The van der Waals surface area contributed by atoms with Gasteiger partial charge < -0.3 is 10.3 Å². The Labute approximate surface area is 174 Å². The zero-order valence-corrected chi connectivity index (χ0v) is 17.8. The van der Waals surface area contributed by atoms with Crippen molar-refractivity contribution in [2.45, 2.75) is 37.5 Å². The first-order chi connectivity index (χ1) is 13.7. The Morgan fingerprint density at radius 1 is 1.28 bits per heavy atom. The molecule has 0 saturated heterocycles. The molecule has 0 radical (unpaired) electrons. The molecule has 1 aliphatic carbocycles. The number of nitrogens with two attached hydrogens (primary N) is 1. The maximum Gasteiger partial charge on any atom is 0.150 e. The fourth-order valence-electron chi connectivity index (χ4n) is 4.25. The van der Waals surface area contributed by atoms with E-state index in [0.717, 1.165) is 28.5 Å². The molecule has 29 heavy (non-hydrogen) atoms. The summed E-state index contributed by atoms with van der Waals surface area (Å²) in [6.07, 6.45) is 8.46. The summed E-state index contributed by atoms with van der Waals surface area (Å²) < 4.78 is 26.2. The summed E-state index contributed by atoms with van der Waals surface area (Å²) >= 11 is 6.47. The van der Waals surface area contributed by atoms with Crippen LogP contribution in [0.1, 0.15) is 36.4 Å². The predicted octanol–water partition coefficient (Wildman–Crippen LogP) is 4.26. The Bertz CT molecular complexity index is 1270. The van der Waals surface area contributed by atoms with E-state index in [1.165, 1.54) is 12.5 Å². The Morgan fingerprint density at radius 2 is 2.03 bits per heavy atom. The van der Waals surface area contributed by atoms with Gasteiger partial charge in [-0.05, 0) is 43.9 Å². The minimum atomic E-state index is -3.08. The van der Waals surface area contributed by atoms with Crippen LogP contribution in [0.5, 0.6) is 0 Å². The number of aromatic nitrogens is 2. The smallest absolute Gasteiger partial charge is 0.150 e. The number of halogens is 1. The number of hydrogen-bond acceptors (Lipinski definition) is 5. The van der Waals surface area contributed by atoms with Gasteiger partial charge in [0.1, 0.15) is 9.84 Å². The second-order valence-corrected chi connectivity index (χ2v) is 10.5. The van der Waals surface area contributed by atoms with E-state index in [0.29, 0.717) is 34.7 Å². The number of sulfone groups is 1. The van der Waals surface area contributed by atoms with Crippen LogP contribution < -0.4 is 5.73 Å². The molecule has 0 spiro atoms. The first-order valence-electron chi connectivity index (χ1n) is 9.34. The minimum absolute atomic E-state index is 0.0612. The highest BCUT2D eigenvalue weighted by atomic mass is 35.5. The van der Waals surface area contributed by atoms with Gasteiger partial charge in [-0.25, -0.2) is 8.42 Å². The number of nitriles is 1. The fourth-order valence-corrected chi connectivity index (χ4v) is 5.58. The number of pyridine rings is 1. The molecular weight excluding hydrogens is 408 g/mol. The molecule has 3 aromatic rings. The lowest BCUT2D eigenvalue weighted by Crippen LogP contribution is -2.16. The minimum Gasteiger partial charge on any atom is -0.396 e. The third-order valence-corrected chi connectivity index (χ3v) is 7.91. The normalized spacial score (nSPS) is 19.5. The van der Waals surface area contributed by atoms with E-state index >= 15 is 0 Å². The van der Waals surface area contributed by atoms with Crippen LogP contribution in [-0.4, -0.2) is 29.5 Å². The molecule has 2 N–H and O–H groups in total. The maximum absolute atomic E-state index is 12.0. The Morgan fingerprint density at radius 3 is 2.69 bits per heavy atom. The summed E-state index contributed by atoms with van der Waals surface area (Å²) in [5.41, 5.74) is 10.3. The van der Waals surface area contributed by atoms with Crippen molar-refractivity contribution in [2.24, 2.45) is 0 Å². The maximum atomic E-state index is 12.0. The van der Waals surface area contributed by atoms with Crippen LogP contribution in [0.25, 0.3) is 22.0 Å². The van der Waals surface area contributed by atoms with Gasteiger partial charge in [-0.2, -0.15) is 5.26 Å². The van der Waals surface area contributed by atoms with Crippen molar-refractivity contribution in [1.82, 2.24) is 9.55 Å². The average molecular weight is 429 g/mol. The van der Waals surface area contributed by atoms with E-state index < -0.39 is 9.84 Å². The second-order valence-electron chi connectivity index (χ2n) is 7.75. The quantitative estimate of drug-likeness (QED) is 0.671. The van der Waals surface area contributed by atoms with E-state index in [2.05, 4.69) is 15.6 Å². The molecule has 6 nitrogen and oxygen atoms in total. The zero-order valence-electron chi connectivity index (χ0n) is 16.2. The Kier molecular flexibility index (Phi) is 4.80. The summed E-state index contributed by atoms with van der Waals surface area (Å²) in [7, 11) is -3.08. The number of rotatable bonds is 3. The molecule has 0 bridgehead atoms. The molecule has 4 rings (SSSR count). The summed E-state index contributed by atoms with van der Waals surface area (Å²) in [5.74, 6) is 0. The lowest BCUT2D eigenvalue weighted by Gasteiger charge is -2.15. The Balaban J connectivity index is 1.94. The van der Waals surface area contributed by atoms with Gasteiger partial charge in [-0.1, -0.05) is 11.6 Å². The third-order valence-electron chi connectivity index (χ3n) is 5.85. The number of benzene rings is 1. The SMILES string of the molecule is Cc1cc2c(cc1C#N)c(-c1cncc(N)c1Cl)cn2[C@@H]1CC[C@@H](S(C)(=O)=O)C1. The van der Waals surface area contributed by atoms with Crippen LogP contribution in [0.4, 0.5) is 5.69 Å². The lowest BCUT2D eigenvalue weighted by molar-refractivity contribution is 0.531. The molecule has 0 unspecified atom stereocenters. The van der Waals surface area contributed by atoms with Crippen LogP contribution in [0, 0.1) is 18.3 Å². The summed E-state index contributed by atoms with van der Waals surface area (Å²) in [5, 5.41) is 10.5. The molecule has 2 aromatic heterocycles. The molecular formula is C21H21ClN4O2S. The van der Waals surface area contributed by atoms with Gasteiger partial charge in [0, 0.05) is 46.7 Å². The van der Waals surface area contributed by atoms with Crippen LogP contribution in [0.2, 0.25) is 5.02 Å². The molecule has 2 heterocycles. The average Bonchev–Trinajstić information content (AvgIpc) is 3.28. The molecule has 0 amide bonds. The van der Waals surface area contributed by atoms with Gasteiger partial charge in [0.2, 0.25) is 0 Å². The summed E-state index contributed by atoms with van der Waals surface area (Å²) in [4.78, 5) is 4.18. The summed E-state index contributed by atoms with van der Waals surface area (Å²) in [6, 6.07) is 6.14. The van der Waals surface area contributed by atoms with Crippen molar-refractivity contribution in [2.75, 3.05) is 12.0 Å². The third kappa shape index (κ3) is 3.37. The fraction of sp³-hybridized carbons (Fsp3) is 0.333. The number of anilines is 1. The number of hydrogen-bond donors (Lipinski definition) is 1. The number of fused-ring (bicyclic) bond motifs is 1. The number of aryl methyl sites for hydroxylation is 1. The van der Waals surface area contributed by atoms with Crippen molar-refractivity contribution in [3.8, 4) is 17.2 Å². The van der Waals surface area contributed by atoms with Crippen molar-refractivity contribution in [3.63, 3.8) is 0 Å². The second kappa shape index (κ2) is 7.05. The van der Waals surface area contributed by atoms with Gasteiger partial charge in [0.05, 0.1) is 33.8 Å². The van der Waals surface area contributed by atoms with Crippen molar-refractivity contribution in [3.05, 3.63) is 46.9 Å². The van der Waals surface area contributed by atoms with Gasteiger partial charge in [-0.3, -0.25) is 4.98 Å². The van der Waals surface area contributed by atoms with Crippen LogP contribution in [0.3, 0.4) is 0 Å². The number of nitrogen functional groups attached to an aromatic ring is 1. The first-order valence-corrected chi connectivity index (χ1v) is 11.7. The first kappa shape index (κ1) is 19.7. The standard InChI is InChI=1S/C21H21ClN4O2S/c1-12-5-20-16(6-13(12)8-23)18(17-9-25-10-19(24)21(17)22)11-26(20)14-3-4-15(7-14)29(2,27)28/h5-6,9-11,14-15H,3-4,7,24H2,1-2H3/t14-,15-/m1/s1. The molecule has 0 aliphatic heterocycles. The molecule has 8 heteroatoms. The predicted molar refractivity (Wildman–Crippen MR) is 116 cm³/mol. The number of nitrogens with zero attached hydrogens (tertiary/aromatic N) is 3. The van der Waals surface area contributed by atoms with E-state index in [1.54, 1.807) is 6.20 Å². The lowest BCUT2D eigenvalue weighted by atomic mass is 10.0. The summed E-state index contributed by atoms with van der Waals surface area (Å²) in [6.45, 7) is 1.90. The van der Waals surface area contributed by atoms with Gasteiger partial charge in [-0.15, -0.1) is 0 Å². The molecule has 2 atom stereocenters. The van der Waals surface area contributed by atoms with Crippen molar-refractivity contribution >= 4 is 38.0 Å². The Hall–Kier alpha value is -2.56. The highest BCUT2D eigenvalue weighted by Crippen LogP contribution is 2.42. The molecule has 1 fully saturated rings. The van der Waals surface area contributed by atoms with E-state index in [-0.39, 0.29) is 11.3 Å². The van der Waals surface area contributed by atoms with E-state index in [9.17, 15) is 13.7 Å². The largest absolute Gasteiger partial charge is 0.396 e. The van der Waals surface area contributed by atoms with Crippen LogP contribution in [0.15, 0.2) is 30.7 Å². The monoisotopic (exact) mass is 428 g/mol. The highest BCUT2D eigenvalue weighted by Gasteiger charge is 2.33. The molecule has 1 aliphatic rings. The molecule has 1 saturated carbocycles. The van der Waals surface area contributed by atoms with Crippen molar-refractivity contribution in [1.29, 1.82) is 5.26 Å². The highest BCUT2D eigenvalue weighted by molar-refractivity contribution is 7.91. The van der Waals surface area contributed by atoms with Gasteiger partial charge in [0.25, 0.3) is 0 Å². The molecule has 150 valence electrons. The molecule has 1 aromatic carbocycles. The zero-order chi connectivity index (χ0) is 20.9. The van der Waals surface area contributed by atoms with Gasteiger partial charge in [0.15, 0.2) is 0 Å². The van der Waals surface area contributed by atoms with Crippen molar-refractivity contribution < 1.29 is 8.42 Å².